The van der Waals surface area contributed by atoms with Gasteiger partial charge in [0.15, 0.2) is 0 Å². The number of amides is 1. The Morgan fingerprint density at radius 3 is 2.44 bits per heavy atom. The van der Waals surface area contributed by atoms with Crippen LogP contribution in [-0.2, 0) is 33.6 Å². The fourth-order valence-corrected chi connectivity index (χ4v) is 8.96. The van der Waals surface area contributed by atoms with Crippen LogP contribution >= 0.6 is 0 Å². The smallest absolute Gasteiger partial charge is 0.329 e. The zero-order valence-electron chi connectivity index (χ0n) is 25.9. The highest BCUT2D eigenvalue weighted by Gasteiger charge is 2.37. The van der Waals surface area contributed by atoms with Crippen molar-refractivity contribution in [1.29, 1.82) is 0 Å². The van der Waals surface area contributed by atoms with Gasteiger partial charge in [-0.25, -0.2) is 26.4 Å². The molecule has 16 heteroatoms. The molecule has 1 atom stereocenters. The van der Waals surface area contributed by atoms with E-state index in [1.54, 1.807) is 16.5 Å². The molecule has 2 aromatic heterocycles. The van der Waals surface area contributed by atoms with Crippen LogP contribution in [0.4, 0.5) is 0 Å². The van der Waals surface area contributed by atoms with Crippen LogP contribution in [0.2, 0.25) is 0 Å². The first-order chi connectivity index (χ1) is 21.4. The molecule has 14 nitrogen and oxygen atoms in total. The van der Waals surface area contributed by atoms with Crippen LogP contribution in [0, 0.1) is 5.92 Å². The Bertz CT molecular complexity index is 1770. The van der Waals surface area contributed by atoms with Gasteiger partial charge in [-0.1, -0.05) is 44.2 Å². The molecule has 246 valence electrons. The number of hydrogen-bond acceptors (Lipinski definition) is 8. The molecule has 2 N–H and O–H groups in total. The fourth-order valence-electron chi connectivity index (χ4n) is 6.06. The summed E-state index contributed by atoms with van der Waals surface area (Å²) < 4.78 is 60.7. The Morgan fingerprint density at radius 1 is 1.09 bits per heavy atom. The first-order valence-corrected chi connectivity index (χ1v) is 18.3. The number of piperidine rings is 1. The lowest BCUT2D eigenvalue weighted by Crippen LogP contribution is -2.47. The Labute approximate surface area is 264 Å². The zero-order chi connectivity index (χ0) is 32.4. The Hall–Kier alpha value is -3.31. The van der Waals surface area contributed by atoms with E-state index >= 15 is 0 Å². The molecule has 4 heterocycles. The Kier molecular flexibility index (Phi) is 9.98. The first-order valence-electron chi connectivity index (χ1n) is 15.3. The number of rotatable bonds is 11. The number of piperazine rings is 1. The van der Waals surface area contributed by atoms with Crippen LogP contribution in [0.5, 0.6) is 0 Å². The predicted molar refractivity (Wildman–Crippen MR) is 170 cm³/mol. The van der Waals surface area contributed by atoms with E-state index in [1.165, 1.54) is 25.9 Å². The SMILES string of the molecule is CC(C)CS(=O)(=O)NCCn1c(C(=O)N2CCNCC2)c(-c2ccccc2)n(C2CCCN(S(=O)(=O)c3cnn(C)c3)C2)c1=O. The van der Waals surface area contributed by atoms with Gasteiger partial charge >= 0.3 is 5.69 Å². The van der Waals surface area contributed by atoms with Crippen LogP contribution < -0.4 is 15.7 Å². The van der Waals surface area contributed by atoms with Crippen LogP contribution in [0.25, 0.3) is 11.3 Å². The highest BCUT2D eigenvalue weighted by Crippen LogP contribution is 2.32. The van der Waals surface area contributed by atoms with Crippen molar-refractivity contribution in [2.45, 2.75) is 44.2 Å². The average molecular weight is 663 g/mol. The molecule has 2 saturated heterocycles. The molecule has 1 unspecified atom stereocenters. The van der Waals surface area contributed by atoms with E-state index in [0.717, 1.165) is 0 Å². The summed E-state index contributed by atoms with van der Waals surface area (Å²) in [6, 6.07) is 8.56. The van der Waals surface area contributed by atoms with Gasteiger partial charge in [0.05, 0.1) is 23.7 Å². The molecule has 0 spiro atoms. The summed E-state index contributed by atoms with van der Waals surface area (Å²) in [6.07, 6.45) is 3.78. The van der Waals surface area contributed by atoms with Gasteiger partial charge in [0.25, 0.3) is 5.91 Å². The third-order valence-corrected chi connectivity index (χ3v) is 11.6. The lowest BCUT2D eigenvalue weighted by molar-refractivity contribution is 0.0725. The molecule has 0 saturated carbocycles. The number of imidazole rings is 1. The van der Waals surface area contributed by atoms with Gasteiger partial charge in [-0.2, -0.15) is 9.40 Å². The highest BCUT2D eigenvalue weighted by atomic mass is 32.2. The lowest BCUT2D eigenvalue weighted by atomic mass is 10.0. The summed E-state index contributed by atoms with van der Waals surface area (Å²) in [7, 11) is -5.83. The molecule has 0 aliphatic carbocycles. The molecule has 0 bridgehead atoms. The number of sulfonamides is 2. The van der Waals surface area contributed by atoms with Crippen molar-refractivity contribution in [3.8, 4) is 11.3 Å². The lowest BCUT2D eigenvalue weighted by Gasteiger charge is -2.33. The molecule has 0 radical (unpaired) electrons. The monoisotopic (exact) mass is 662 g/mol. The van der Waals surface area contributed by atoms with Gasteiger partial charge in [0.1, 0.15) is 10.6 Å². The van der Waals surface area contributed by atoms with Crippen molar-refractivity contribution in [2.24, 2.45) is 13.0 Å². The molecule has 2 aliphatic rings. The van der Waals surface area contributed by atoms with Crippen molar-refractivity contribution in [3.05, 3.63) is 58.9 Å². The number of aromatic nitrogens is 4. The summed E-state index contributed by atoms with van der Waals surface area (Å²) >= 11 is 0. The number of hydrogen-bond donors (Lipinski definition) is 2. The van der Waals surface area contributed by atoms with Crippen molar-refractivity contribution in [3.63, 3.8) is 0 Å². The van der Waals surface area contributed by atoms with Crippen molar-refractivity contribution in [1.82, 2.24) is 38.2 Å². The first kappa shape index (κ1) is 33.1. The van der Waals surface area contributed by atoms with Gasteiger partial charge in [0.2, 0.25) is 20.0 Å². The van der Waals surface area contributed by atoms with E-state index in [2.05, 4.69) is 15.1 Å². The van der Waals surface area contributed by atoms with Crippen LogP contribution in [-0.4, -0.2) is 102 Å². The number of aryl methyl sites for hydroxylation is 1. The van der Waals surface area contributed by atoms with Crippen LogP contribution in [0.1, 0.15) is 43.2 Å². The summed E-state index contributed by atoms with van der Waals surface area (Å²) in [6.45, 7) is 5.90. The molecular formula is C29H42N8O6S2. The minimum absolute atomic E-state index is 0.0310. The number of carbonyl (C=O) groups is 1. The van der Waals surface area contributed by atoms with Gasteiger partial charge in [-0.15, -0.1) is 0 Å². The van der Waals surface area contributed by atoms with Gasteiger partial charge in [0, 0.05) is 71.2 Å². The largest absolute Gasteiger partial charge is 0.335 e. The summed E-state index contributed by atoms with van der Waals surface area (Å²) in [5, 5.41) is 7.26. The number of carbonyl (C=O) groups excluding carboxylic acids is 1. The highest BCUT2D eigenvalue weighted by molar-refractivity contribution is 7.89. The fraction of sp³-hybridized carbons (Fsp3) is 0.552. The molecule has 3 aromatic rings. The topological polar surface area (TPSA) is 161 Å². The summed E-state index contributed by atoms with van der Waals surface area (Å²) in [4.78, 5) is 30.4. The minimum atomic E-state index is -3.88. The maximum atomic E-state index is 14.4. The number of nitrogens with one attached hydrogen (secondary N) is 2. The van der Waals surface area contributed by atoms with E-state index in [-0.39, 0.29) is 54.3 Å². The maximum Gasteiger partial charge on any atom is 0.329 e. The van der Waals surface area contributed by atoms with E-state index in [0.29, 0.717) is 50.3 Å². The van der Waals surface area contributed by atoms with E-state index in [4.69, 9.17) is 0 Å². The normalized spacial score (nSPS) is 18.5. The Balaban J connectivity index is 1.60. The zero-order valence-corrected chi connectivity index (χ0v) is 27.6. The second-order valence-electron chi connectivity index (χ2n) is 12.0. The van der Waals surface area contributed by atoms with Crippen molar-refractivity contribution in [2.75, 3.05) is 51.6 Å². The maximum absolute atomic E-state index is 14.4. The quantitative estimate of drug-likeness (QED) is 0.304. The molecule has 1 aromatic carbocycles. The van der Waals surface area contributed by atoms with Crippen LogP contribution in [0.15, 0.2) is 52.4 Å². The second kappa shape index (κ2) is 13.6. The second-order valence-corrected chi connectivity index (χ2v) is 15.8. The third-order valence-electron chi connectivity index (χ3n) is 8.08. The standard InChI is InChI=1S/C29H42N8O6S2/c1-22(2)21-44(40,41)32-13-17-36-27(28(38)34-15-11-30-12-16-34)26(23-8-5-4-6-9-23)37(29(36)39)24-10-7-14-35(19-24)45(42,43)25-18-31-33(3)20-25/h4-6,8-9,18,20,22,24,30,32H,7,10-17,19,21H2,1-3H3. The summed E-state index contributed by atoms with van der Waals surface area (Å²) in [5.74, 6) is -0.474. The number of nitrogens with zero attached hydrogens (tertiary/aromatic N) is 6. The molecule has 5 rings (SSSR count). The Morgan fingerprint density at radius 2 is 1.80 bits per heavy atom. The van der Waals surface area contributed by atoms with E-state index in [1.807, 2.05) is 44.2 Å². The molecule has 45 heavy (non-hydrogen) atoms. The molecule has 2 fully saturated rings. The predicted octanol–water partition coefficient (Wildman–Crippen LogP) is 0.697. The molecular weight excluding hydrogens is 621 g/mol. The van der Waals surface area contributed by atoms with Gasteiger partial charge < -0.3 is 10.2 Å². The van der Waals surface area contributed by atoms with Gasteiger partial charge in [-0.05, 0) is 18.8 Å². The summed E-state index contributed by atoms with van der Waals surface area (Å²) in [5.41, 5.74) is 0.726. The molecule has 1 amide bonds. The molecule has 2 aliphatic heterocycles. The number of benzene rings is 1. The third kappa shape index (κ3) is 7.25. The van der Waals surface area contributed by atoms with Crippen molar-refractivity contribution >= 4 is 26.0 Å². The van der Waals surface area contributed by atoms with Crippen LogP contribution in [0.3, 0.4) is 0 Å². The van der Waals surface area contributed by atoms with E-state index < -0.39 is 31.8 Å². The van der Waals surface area contributed by atoms with E-state index in [9.17, 15) is 26.4 Å². The van der Waals surface area contributed by atoms with Gasteiger partial charge in [-0.3, -0.25) is 18.6 Å². The average Bonchev–Trinajstić information content (AvgIpc) is 3.58. The van der Waals surface area contributed by atoms with Crippen molar-refractivity contribution < 1.29 is 21.6 Å². The minimum Gasteiger partial charge on any atom is -0.335 e.